The number of hydrogen-bond acceptors (Lipinski definition) is 5. The lowest BCUT2D eigenvalue weighted by molar-refractivity contribution is 0.0499. The molecule has 1 aromatic heterocycles. The number of carbonyl (C=O) groups is 2. The second-order valence-corrected chi connectivity index (χ2v) is 5.97. The Bertz CT molecular complexity index is 771. The Labute approximate surface area is 157 Å². The van der Waals surface area contributed by atoms with E-state index in [1.54, 1.807) is 35.1 Å². The summed E-state index contributed by atoms with van der Waals surface area (Å²) in [6.07, 6.45) is 4.95. The maximum absolute atomic E-state index is 12.1. The quantitative estimate of drug-likeness (QED) is 0.440. The van der Waals surface area contributed by atoms with Crippen LogP contribution in [0.5, 0.6) is 0 Å². The molecule has 0 unspecified atom stereocenters. The first kappa shape index (κ1) is 19.6. The first-order valence-electron chi connectivity index (χ1n) is 8.45. The van der Waals surface area contributed by atoms with Crippen LogP contribution in [0, 0.1) is 0 Å². The molecule has 0 bridgehead atoms. The van der Waals surface area contributed by atoms with Crippen molar-refractivity contribution in [1.29, 1.82) is 0 Å². The molecule has 0 aliphatic heterocycles. The Morgan fingerprint density at radius 1 is 1.19 bits per heavy atom. The average molecular weight is 374 g/mol. The van der Waals surface area contributed by atoms with E-state index >= 15 is 0 Å². The molecule has 1 heterocycles. The Morgan fingerprint density at radius 3 is 2.54 bits per heavy atom. The van der Waals surface area contributed by atoms with E-state index in [9.17, 15) is 9.59 Å². The molecule has 2 aromatic rings. The number of amides is 1. The van der Waals surface area contributed by atoms with Gasteiger partial charge in [0.2, 0.25) is 0 Å². The summed E-state index contributed by atoms with van der Waals surface area (Å²) in [7, 11) is 0. The van der Waals surface area contributed by atoms with Crippen LogP contribution in [0.1, 0.15) is 47.4 Å². The summed E-state index contributed by atoms with van der Waals surface area (Å²) in [5.41, 5.74) is 1.56. The largest absolute Gasteiger partial charge is 0.462 e. The van der Waals surface area contributed by atoms with Crippen molar-refractivity contribution in [2.24, 2.45) is 0 Å². The third kappa shape index (κ3) is 5.66. The smallest absolute Gasteiger partial charge is 0.338 e. The zero-order chi connectivity index (χ0) is 18.9. The molecule has 138 valence electrons. The fourth-order valence-corrected chi connectivity index (χ4v) is 2.28. The zero-order valence-corrected chi connectivity index (χ0v) is 15.6. The summed E-state index contributed by atoms with van der Waals surface area (Å²) in [5, 5.41) is 9.70. The SMILES string of the molecule is CCCCOC(=O)c1ccc(NC(=S)NC(=O)c2cnn(CC)c2)cc1. The fraction of sp³-hybridized carbons (Fsp3) is 0.333. The van der Waals surface area contributed by atoms with Crippen molar-refractivity contribution in [3.05, 3.63) is 47.8 Å². The molecule has 0 fully saturated rings. The van der Waals surface area contributed by atoms with Crippen LogP contribution in [-0.2, 0) is 11.3 Å². The van der Waals surface area contributed by atoms with Crippen molar-refractivity contribution in [3.8, 4) is 0 Å². The van der Waals surface area contributed by atoms with Gasteiger partial charge >= 0.3 is 5.97 Å². The van der Waals surface area contributed by atoms with E-state index in [1.807, 2.05) is 13.8 Å². The van der Waals surface area contributed by atoms with Gasteiger partial charge in [0.25, 0.3) is 5.91 Å². The number of nitrogens with zero attached hydrogens (tertiary/aromatic N) is 2. The number of carbonyl (C=O) groups excluding carboxylic acids is 2. The van der Waals surface area contributed by atoms with Gasteiger partial charge in [0.1, 0.15) is 0 Å². The van der Waals surface area contributed by atoms with Crippen molar-refractivity contribution in [2.45, 2.75) is 33.2 Å². The number of aryl methyl sites for hydroxylation is 1. The second-order valence-electron chi connectivity index (χ2n) is 5.56. The molecule has 0 saturated carbocycles. The Hall–Kier alpha value is -2.74. The standard InChI is InChI=1S/C18H22N4O3S/c1-3-5-10-25-17(24)13-6-8-15(9-7-13)20-18(26)21-16(23)14-11-19-22(4-2)12-14/h6-9,11-12H,3-5,10H2,1-2H3,(H2,20,21,23,26). The molecule has 0 aliphatic carbocycles. The van der Waals surface area contributed by atoms with Gasteiger partial charge in [-0.2, -0.15) is 5.10 Å². The summed E-state index contributed by atoms with van der Waals surface area (Å²) in [4.78, 5) is 23.9. The van der Waals surface area contributed by atoms with E-state index in [4.69, 9.17) is 17.0 Å². The Balaban J connectivity index is 1.86. The number of esters is 1. The summed E-state index contributed by atoms with van der Waals surface area (Å²) in [6, 6.07) is 6.69. The lowest BCUT2D eigenvalue weighted by atomic mass is 10.2. The number of ether oxygens (including phenoxy) is 1. The number of unbranched alkanes of at least 4 members (excludes halogenated alkanes) is 1. The fourth-order valence-electron chi connectivity index (χ4n) is 2.07. The highest BCUT2D eigenvalue weighted by Crippen LogP contribution is 2.11. The van der Waals surface area contributed by atoms with Gasteiger partial charge in [-0.3, -0.25) is 14.8 Å². The number of thiocarbonyl (C=S) groups is 1. The Kier molecular flexibility index (Phi) is 7.28. The molecular weight excluding hydrogens is 352 g/mol. The maximum atomic E-state index is 12.1. The first-order chi connectivity index (χ1) is 12.5. The highest BCUT2D eigenvalue weighted by atomic mass is 32.1. The Morgan fingerprint density at radius 2 is 1.92 bits per heavy atom. The summed E-state index contributed by atoms with van der Waals surface area (Å²) in [5.74, 6) is -0.688. The number of hydrogen-bond donors (Lipinski definition) is 2. The van der Waals surface area contributed by atoms with Crippen molar-refractivity contribution in [1.82, 2.24) is 15.1 Å². The lowest BCUT2D eigenvalue weighted by Gasteiger charge is -2.09. The highest BCUT2D eigenvalue weighted by Gasteiger charge is 2.11. The summed E-state index contributed by atoms with van der Waals surface area (Å²) in [6.45, 7) is 5.07. The number of nitrogens with one attached hydrogen (secondary N) is 2. The first-order valence-corrected chi connectivity index (χ1v) is 8.86. The molecule has 1 amide bonds. The third-order valence-electron chi connectivity index (χ3n) is 3.56. The van der Waals surface area contributed by atoms with Crippen LogP contribution in [0.4, 0.5) is 5.69 Å². The minimum absolute atomic E-state index is 0.164. The van der Waals surface area contributed by atoms with E-state index in [1.165, 1.54) is 6.20 Å². The molecule has 8 heteroatoms. The summed E-state index contributed by atoms with van der Waals surface area (Å²) >= 11 is 5.14. The van der Waals surface area contributed by atoms with Crippen LogP contribution < -0.4 is 10.6 Å². The average Bonchev–Trinajstić information content (AvgIpc) is 3.11. The van der Waals surface area contributed by atoms with E-state index < -0.39 is 0 Å². The molecule has 7 nitrogen and oxygen atoms in total. The molecule has 0 radical (unpaired) electrons. The van der Waals surface area contributed by atoms with Crippen LogP contribution >= 0.6 is 12.2 Å². The van der Waals surface area contributed by atoms with Gasteiger partial charge in [-0.25, -0.2) is 4.79 Å². The van der Waals surface area contributed by atoms with Crippen LogP contribution in [0.25, 0.3) is 0 Å². The number of anilines is 1. The monoisotopic (exact) mass is 374 g/mol. The molecule has 0 atom stereocenters. The number of rotatable bonds is 7. The van der Waals surface area contributed by atoms with Crippen molar-refractivity contribution in [2.75, 3.05) is 11.9 Å². The minimum Gasteiger partial charge on any atom is -0.462 e. The van der Waals surface area contributed by atoms with Crippen LogP contribution in [0.3, 0.4) is 0 Å². The van der Waals surface area contributed by atoms with Gasteiger partial charge in [-0.15, -0.1) is 0 Å². The van der Waals surface area contributed by atoms with Gasteiger partial charge in [0.15, 0.2) is 5.11 Å². The molecule has 1 aromatic carbocycles. The minimum atomic E-state index is -0.353. The lowest BCUT2D eigenvalue weighted by Crippen LogP contribution is -2.33. The van der Waals surface area contributed by atoms with Crippen LogP contribution in [-0.4, -0.2) is 33.4 Å². The number of aromatic nitrogens is 2. The predicted octanol–water partition coefficient (Wildman–Crippen LogP) is 2.99. The molecule has 0 spiro atoms. The van der Waals surface area contributed by atoms with Crippen molar-refractivity contribution < 1.29 is 14.3 Å². The topological polar surface area (TPSA) is 85.2 Å². The van der Waals surface area contributed by atoms with E-state index in [0.29, 0.717) is 30.0 Å². The predicted molar refractivity (Wildman–Crippen MR) is 103 cm³/mol. The van der Waals surface area contributed by atoms with Gasteiger partial charge in [-0.05, 0) is 49.8 Å². The number of benzene rings is 1. The van der Waals surface area contributed by atoms with Crippen LogP contribution in [0.2, 0.25) is 0 Å². The molecule has 26 heavy (non-hydrogen) atoms. The van der Waals surface area contributed by atoms with Crippen molar-refractivity contribution in [3.63, 3.8) is 0 Å². The highest BCUT2D eigenvalue weighted by molar-refractivity contribution is 7.80. The van der Waals surface area contributed by atoms with Crippen molar-refractivity contribution >= 4 is 34.9 Å². The molecule has 2 N–H and O–H groups in total. The molecule has 0 saturated heterocycles. The van der Waals surface area contributed by atoms with Gasteiger partial charge in [0, 0.05) is 18.4 Å². The maximum Gasteiger partial charge on any atom is 0.338 e. The zero-order valence-electron chi connectivity index (χ0n) is 14.8. The molecule has 2 rings (SSSR count). The van der Waals surface area contributed by atoms with E-state index in [0.717, 1.165) is 12.8 Å². The van der Waals surface area contributed by atoms with E-state index in [2.05, 4.69) is 15.7 Å². The van der Waals surface area contributed by atoms with Gasteiger partial charge < -0.3 is 10.1 Å². The molecule has 0 aliphatic rings. The summed E-state index contributed by atoms with van der Waals surface area (Å²) < 4.78 is 6.81. The second kappa shape index (κ2) is 9.67. The van der Waals surface area contributed by atoms with Gasteiger partial charge in [0.05, 0.1) is 23.9 Å². The van der Waals surface area contributed by atoms with Crippen LogP contribution in [0.15, 0.2) is 36.7 Å². The van der Waals surface area contributed by atoms with Gasteiger partial charge in [-0.1, -0.05) is 13.3 Å². The van der Waals surface area contributed by atoms with E-state index in [-0.39, 0.29) is 17.0 Å². The third-order valence-corrected chi connectivity index (χ3v) is 3.76. The normalized spacial score (nSPS) is 10.2. The molecular formula is C18H22N4O3S.